The van der Waals surface area contributed by atoms with Crippen LogP contribution in [0.5, 0.6) is 0 Å². The van der Waals surface area contributed by atoms with E-state index in [1.807, 2.05) is 24.3 Å². The molecule has 132 valence electrons. The third-order valence-electron chi connectivity index (χ3n) is 5.47. The fourth-order valence-corrected chi connectivity index (χ4v) is 3.66. The second-order valence-corrected chi connectivity index (χ2v) is 7.34. The van der Waals surface area contributed by atoms with Crippen molar-refractivity contribution in [1.82, 2.24) is 10.1 Å². The monoisotopic (exact) mass is 340 g/mol. The molecule has 0 spiro atoms. The zero-order valence-electron chi connectivity index (χ0n) is 14.3. The lowest BCUT2D eigenvalue weighted by molar-refractivity contribution is -0.120. The van der Waals surface area contributed by atoms with Crippen molar-refractivity contribution in [3.8, 4) is 11.5 Å². The van der Waals surface area contributed by atoms with Crippen molar-refractivity contribution in [1.29, 1.82) is 0 Å². The standard InChI is InChI=1S/C19H24N4O2/c20-19(10-5-11-19)18-22-17(25-23-18)14-8-4-9-15(12-14)21-16(24)13-6-2-1-3-7-13/h4,8-9,12-13H,1-3,5-7,10-11,20H2,(H,21,24). The van der Waals surface area contributed by atoms with Gasteiger partial charge in [0.1, 0.15) is 0 Å². The van der Waals surface area contributed by atoms with Crippen LogP contribution in [0.2, 0.25) is 0 Å². The van der Waals surface area contributed by atoms with Crippen LogP contribution in [0.1, 0.15) is 57.2 Å². The molecule has 1 amide bonds. The lowest BCUT2D eigenvalue weighted by atomic mass is 9.77. The summed E-state index contributed by atoms with van der Waals surface area (Å²) < 4.78 is 5.40. The van der Waals surface area contributed by atoms with Gasteiger partial charge in [0.25, 0.3) is 5.89 Å². The molecule has 1 heterocycles. The van der Waals surface area contributed by atoms with Gasteiger partial charge in [-0.15, -0.1) is 0 Å². The van der Waals surface area contributed by atoms with Crippen LogP contribution >= 0.6 is 0 Å². The van der Waals surface area contributed by atoms with Gasteiger partial charge < -0.3 is 15.6 Å². The summed E-state index contributed by atoms with van der Waals surface area (Å²) in [5.74, 6) is 1.26. The molecule has 2 fully saturated rings. The minimum Gasteiger partial charge on any atom is -0.334 e. The molecule has 0 saturated heterocycles. The molecular weight excluding hydrogens is 316 g/mol. The Morgan fingerprint density at radius 2 is 2.00 bits per heavy atom. The lowest BCUT2D eigenvalue weighted by Crippen LogP contribution is -2.44. The van der Waals surface area contributed by atoms with Crippen molar-refractivity contribution < 1.29 is 9.32 Å². The van der Waals surface area contributed by atoms with Gasteiger partial charge in [0.2, 0.25) is 5.91 Å². The molecule has 4 rings (SSSR count). The molecule has 0 bridgehead atoms. The van der Waals surface area contributed by atoms with Crippen molar-refractivity contribution in [3.63, 3.8) is 0 Å². The summed E-state index contributed by atoms with van der Waals surface area (Å²) in [6.07, 6.45) is 8.37. The zero-order valence-corrected chi connectivity index (χ0v) is 14.3. The van der Waals surface area contributed by atoms with E-state index in [4.69, 9.17) is 10.3 Å². The molecule has 0 unspecified atom stereocenters. The molecular formula is C19H24N4O2. The average Bonchev–Trinajstić information content (AvgIpc) is 3.11. The lowest BCUT2D eigenvalue weighted by Gasteiger charge is -2.34. The van der Waals surface area contributed by atoms with Crippen LogP contribution in [-0.2, 0) is 10.3 Å². The Labute approximate surface area is 147 Å². The van der Waals surface area contributed by atoms with E-state index < -0.39 is 5.54 Å². The number of nitrogens with two attached hydrogens (primary N) is 1. The molecule has 1 aromatic heterocycles. The maximum absolute atomic E-state index is 12.4. The number of rotatable bonds is 4. The average molecular weight is 340 g/mol. The summed E-state index contributed by atoms with van der Waals surface area (Å²) in [5.41, 5.74) is 7.37. The Hall–Kier alpha value is -2.21. The van der Waals surface area contributed by atoms with Crippen LogP contribution < -0.4 is 11.1 Å². The number of aromatic nitrogens is 2. The molecule has 2 aliphatic carbocycles. The zero-order chi connectivity index (χ0) is 17.3. The highest BCUT2D eigenvalue weighted by molar-refractivity contribution is 5.93. The number of amides is 1. The molecule has 2 saturated carbocycles. The van der Waals surface area contributed by atoms with Gasteiger partial charge in [-0.05, 0) is 50.3 Å². The first kappa shape index (κ1) is 16.3. The van der Waals surface area contributed by atoms with Crippen molar-refractivity contribution >= 4 is 11.6 Å². The number of nitrogens with zero attached hydrogens (tertiary/aromatic N) is 2. The van der Waals surface area contributed by atoms with Crippen LogP contribution in [-0.4, -0.2) is 16.0 Å². The second kappa shape index (κ2) is 6.59. The van der Waals surface area contributed by atoms with Crippen molar-refractivity contribution in [2.45, 2.75) is 56.9 Å². The molecule has 25 heavy (non-hydrogen) atoms. The number of hydrogen-bond acceptors (Lipinski definition) is 5. The quantitative estimate of drug-likeness (QED) is 0.887. The Balaban J connectivity index is 1.48. The summed E-state index contributed by atoms with van der Waals surface area (Å²) in [6, 6.07) is 7.55. The van der Waals surface area contributed by atoms with E-state index >= 15 is 0 Å². The van der Waals surface area contributed by atoms with Gasteiger partial charge in [-0.25, -0.2) is 0 Å². The largest absolute Gasteiger partial charge is 0.334 e. The van der Waals surface area contributed by atoms with Gasteiger partial charge >= 0.3 is 0 Å². The first-order valence-corrected chi connectivity index (χ1v) is 9.18. The van der Waals surface area contributed by atoms with E-state index in [1.165, 1.54) is 6.42 Å². The summed E-state index contributed by atoms with van der Waals surface area (Å²) in [5, 5.41) is 7.08. The predicted molar refractivity (Wildman–Crippen MR) is 94.7 cm³/mol. The van der Waals surface area contributed by atoms with Crippen LogP contribution in [0.25, 0.3) is 11.5 Å². The summed E-state index contributed by atoms with van der Waals surface area (Å²) >= 11 is 0. The molecule has 1 aromatic carbocycles. The van der Waals surface area contributed by atoms with Gasteiger partial charge in [0.05, 0.1) is 5.54 Å². The van der Waals surface area contributed by atoms with Crippen LogP contribution in [0, 0.1) is 5.92 Å². The van der Waals surface area contributed by atoms with E-state index in [0.29, 0.717) is 11.7 Å². The molecule has 2 aromatic rings. The third-order valence-corrected chi connectivity index (χ3v) is 5.47. The highest BCUT2D eigenvalue weighted by Gasteiger charge is 2.39. The van der Waals surface area contributed by atoms with Crippen LogP contribution in [0.4, 0.5) is 5.69 Å². The Morgan fingerprint density at radius 3 is 2.72 bits per heavy atom. The van der Waals surface area contributed by atoms with Crippen LogP contribution in [0.15, 0.2) is 28.8 Å². The molecule has 3 N–H and O–H groups in total. The van der Waals surface area contributed by atoms with Crippen molar-refractivity contribution in [3.05, 3.63) is 30.1 Å². The fraction of sp³-hybridized carbons (Fsp3) is 0.526. The molecule has 2 aliphatic rings. The minimum atomic E-state index is -0.436. The topological polar surface area (TPSA) is 94.0 Å². The number of carbonyl (C=O) groups is 1. The minimum absolute atomic E-state index is 0.110. The fourth-order valence-electron chi connectivity index (χ4n) is 3.66. The number of carbonyl (C=O) groups excluding carboxylic acids is 1. The number of nitrogens with one attached hydrogen (secondary N) is 1. The van der Waals surface area contributed by atoms with E-state index in [-0.39, 0.29) is 11.8 Å². The van der Waals surface area contributed by atoms with Gasteiger partial charge in [0.15, 0.2) is 5.82 Å². The van der Waals surface area contributed by atoms with E-state index in [2.05, 4.69) is 15.5 Å². The maximum atomic E-state index is 12.4. The van der Waals surface area contributed by atoms with Crippen molar-refractivity contribution in [2.75, 3.05) is 5.32 Å². The number of anilines is 1. The smallest absolute Gasteiger partial charge is 0.258 e. The van der Waals surface area contributed by atoms with E-state index in [0.717, 1.165) is 56.2 Å². The molecule has 0 atom stereocenters. The van der Waals surface area contributed by atoms with Gasteiger partial charge in [-0.2, -0.15) is 4.98 Å². The normalized spacial score (nSPS) is 20.0. The van der Waals surface area contributed by atoms with Gasteiger partial charge in [0, 0.05) is 17.2 Å². The molecule has 0 radical (unpaired) electrons. The maximum Gasteiger partial charge on any atom is 0.258 e. The summed E-state index contributed by atoms with van der Waals surface area (Å²) in [4.78, 5) is 16.9. The molecule has 6 heteroatoms. The Morgan fingerprint density at radius 1 is 1.20 bits per heavy atom. The second-order valence-electron chi connectivity index (χ2n) is 7.34. The van der Waals surface area contributed by atoms with Crippen LogP contribution in [0.3, 0.4) is 0 Å². The SMILES string of the molecule is NC1(c2noc(-c3cccc(NC(=O)C4CCCCC4)c3)n2)CCC1. The van der Waals surface area contributed by atoms with E-state index in [9.17, 15) is 4.79 Å². The van der Waals surface area contributed by atoms with E-state index in [1.54, 1.807) is 0 Å². The number of benzene rings is 1. The Bertz CT molecular complexity index is 760. The predicted octanol–water partition coefficient (Wildman–Crippen LogP) is 3.59. The van der Waals surface area contributed by atoms with Crippen molar-refractivity contribution in [2.24, 2.45) is 11.7 Å². The summed E-state index contributed by atoms with van der Waals surface area (Å²) in [6.45, 7) is 0. The number of hydrogen-bond donors (Lipinski definition) is 2. The first-order chi connectivity index (χ1) is 12.1. The van der Waals surface area contributed by atoms with Gasteiger partial charge in [-0.1, -0.05) is 30.5 Å². The summed E-state index contributed by atoms with van der Waals surface area (Å²) in [7, 11) is 0. The first-order valence-electron chi connectivity index (χ1n) is 9.18. The highest BCUT2D eigenvalue weighted by atomic mass is 16.5. The highest BCUT2D eigenvalue weighted by Crippen LogP contribution is 2.37. The third kappa shape index (κ3) is 3.31. The molecule has 0 aliphatic heterocycles. The van der Waals surface area contributed by atoms with Gasteiger partial charge in [-0.3, -0.25) is 4.79 Å². The Kier molecular flexibility index (Phi) is 4.29. The molecule has 6 nitrogen and oxygen atoms in total.